The number of hydrogen-bond donors (Lipinski definition) is 1. The molecule has 2 aromatic carbocycles. The molecule has 2 aromatic heterocycles. The van der Waals surface area contributed by atoms with Crippen LogP contribution in [0.25, 0.3) is 10.8 Å². The average Bonchev–Trinajstić information content (AvgIpc) is 3.03. The van der Waals surface area contributed by atoms with Gasteiger partial charge in [0.2, 0.25) is 5.91 Å². The molecule has 0 unspecified atom stereocenters. The zero-order valence-electron chi connectivity index (χ0n) is 15.3. The van der Waals surface area contributed by atoms with Gasteiger partial charge in [0.05, 0.1) is 17.1 Å². The molecule has 0 bridgehead atoms. The maximum absolute atomic E-state index is 12.4. The Hall–Kier alpha value is -2.57. The van der Waals surface area contributed by atoms with Crippen LogP contribution >= 0.6 is 27.3 Å². The summed E-state index contributed by atoms with van der Waals surface area (Å²) in [5.41, 5.74) is 2.17. The first-order valence-corrected chi connectivity index (χ1v) is 10.5. The zero-order valence-corrected chi connectivity index (χ0v) is 17.7. The SMILES string of the molecule is Cc1nc(Cc2cccc3ccccc23)sc1CC(=O)Nc1ccc(Br)cn1. The van der Waals surface area contributed by atoms with E-state index in [0.29, 0.717) is 12.2 Å². The first-order chi connectivity index (χ1) is 13.6. The molecule has 6 heteroatoms. The number of carbonyl (C=O) groups excluding carboxylic acids is 1. The maximum atomic E-state index is 12.4. The van der Waals surface area contributed by atoms with Gasteiger partial charge < -0.3 is 5.32 Å². The fraction of sp³-hybridized carbons (Fsp3) is 0.136. The number of fused-ring (bicyclic) bond motifs is 1. The second-order valence-corrected chi connectivity index (χ2v) is 8.60. The van der Waals surface area contributed by atoms with Crippen LogP contribution in [0.1, 0.15) is 21.1 Å². The summed E-state index contributed by atoms with van der Waals surface area (Å²) in [4.78, 5) is 22.3. The Bertz CT molecular complexity index is 1130. The minimum Gasteiger partial charge on any atom is -0.310 e. The molecule has 4 rings (SSSR count). The topological polar surface area (TPSA) is 54.9 Å². The Morgan fingerprint density at radius 2 is 1.93 bits per heavy atom. The average molecular weight is 452 g/mol. The standard InChI is InChI=1S/C22H18BrN3OS/c1-14-19(12-21(27)26-20-10-9-17(23)13-24-20)28-22(25-14)11-16-7-4-6-15-5-2-3-8-18(15)16/h2-10,13H,11-12H2,1H3,(H,24,26,27). The van der Waals surface area contributed by atoms with E-state index in [9.17, 15) is 4.79 Å². The Balaban J connectivity index is 1.49. The van der Waals surface area contributed by atoms with E-state index in [1.165, 1.54) is 16.3 Å². The molecule has 4 aromatic rings. The molecule has 28 heavy (non-hydrogen) atoms. The molecule has 0 radical (unpaired) electrons. The monoisotopic (exact) mass is 451 g/mol. The van der Waals surface area contributed by atoms with Crippen LogP contribution in [-0.2, 0) is 17.6 Å². The van der Waals surface area contributed by atoms with Crippen molar-refractivity contribution in [3.05, 3.63) is 86.4 Å². The van der Waals surface area contributed by atoms with E-state index >= 15 is 0 Å². The number of rotatable bonds is 5. The lowest BCUT2D eigenvalue weighted by Gasteiger charge is -2.04. The second-order valence-electron chi connectivity index (χ2n) is 6.52. The third-order valence-electron chi connectivity index (χ3n) is 4.47. The Labute approximate surface area is 175 Å². The van der Waals surface area contributed by atoms with Gasteiger partial charge in [-0.3, -0.25) is 4.79 Å². The summed E-state index contributed by atoms with van der Waals surface area (Å²) in [6, 6.07) is 18.3. The molecule has 4 nitrogen and oxygen atoms in total. The number of nitrogens with one attached hydrogen (secondary N) is 1. The van der Waals surface area contributed by atoms with E-state index < -0.39 is 0 Å². The number of nitrogens with zero attached hydrogens (tertiary/aromatic N) is 2. The van der Waals surface area contributed by atoms with Gasteiger partial charge in [0.25, 0.3) is 0 Å². The quantitative estimate of drug-likeness (QED) is 0.433. The minimum absolute atomic E-state index is 0.0849. The van der Waals surface area contributed by atoms with Crippen molar-refractivity contribution in [3.63, 3.8) is 0 Å². The molecule has 0 spiro atoms. The highest BCUT2D eigenvalue weighted by atomic mass is 79.9. The highest BCUT2D eigenvalue weighted by molar-refractivity contribution is 9.10. The van der Waals surface area contributed by atoms with E-state index in [0.717, 1.165) is 26.5 Å². The highest BCUT2D eigenvalue weighted by Gasteiger charge is 2.13. The lowest BCUT2D eigenvalue weighted by molar-refractivity contribution is -0.115. The molecule has 1 N–H and O–H groups in total. The predicted molar refractivity (Wildman–Crippen MR) is 118 cm³/mol. The van der Waals surface area contributed by atoms with Crippen LogP contribution in [0.5, 0.6) is 0 Å². The van der Waals surface area contributed by atoms with Crippen LogP contribution in [-0.4, -0.2) is 15.9 Å². The van der Waals surface area contributed by atoms with Gasteiger partial charge in [-0.05, 0) is 51.3 Å². The highest BCUT2D eigenvalue weighted by Crippen LogP contribution is 2.25. The summed E-state index contributed by atoms with van der Waals surface area (Å²) in [6.07, 6.45) is 2.73. The van der Waals surface area contributed by atoms with Gasteiger partial charge in [0.15, 0.2) is 0 Å². The van der Waals surface area contributed by atoms with Crippen molar-refractivity contribution >= 4 is 49.8 Å². The molecule has 0 aliphatic heterocycles. The summed E-state index contributed by atoms with van der Waals surface area (Å²) < 4.78 is 0.877. The van der Waals surface area contributed by atoms with Gasteiger partial charge in [-0.2, -0.15) is 0 Å². The maximum Gasteiger partial charge on any atom is 0.230 e. The Kier molecular flexibility index (Phi) is 5.50. The summed E-state index contributed by atoms with van der Waals surface area (Å²) in [7, 11) is 0. The number of aromatic nitrogens is 2. The molecule has 0 fully saturated rings. The number of anilines is 1. The van der Waals surface area contributed by atoms with E-state index in [1.807, 2.05) is 13.0 Å². The molecule has 2 heterocycles. The second kappa shape index (κ2) is 8.20. The Morgan fingerprint density at radius 3 is 2.75 bits per heavy atom. The first-order valence-electron chi connectivity index (χ1n) is 8.92. The van der Waals surface area contributed by atoms with Gasteiger partial charge in [0, 0.05) is 22.0 Å². The van der Waals surface area contributed by atoms with Gasteiger partial charge in [0.1, 0.15) is 5.82 Å². The van der Waals surface area contributed by atoms with Crippen molar-refractivity contribution < 1.29 is 4.79 Å². The lowest BCUT2D eigenvalue weighted by atomic mass is 10.0. The molecule has 0 aliphatic carbocycles. The van der Waals surface area contributed by atoms with Crippen molar-refractivity contribution in [2.45, 2.75) is 19.8 Å². The summed E-state index contributed by atoms with van der Waals surface area (Å²) >= 11 is 4.94. The van der Waals surface area contributed by atoms with Crippen LogP contribution < -0.4 is 5.32 Å². The lowest BCUT2D eigenvalue weighted by Crippen LogP contribution is -2.15. The van der Waals surface area contributed by atoms with Crippen LogP contribution in [0.15, 0.2) is 65.3 Å². The van der Waals surface area contributed by atoms with Crippen molar-refractivity contribution in [2.75, 3.05) is 5.32 Å². The molecular weight excluding hydrogens is 434 g/mol. The van der Waals surface area contributed by atoms with E-state index in [4.69, 9.17) is 4.98 Å². The van der Waals surface area contributed by atoms with Crippen molar-refractivity contribution in [3.8, 4) is 0 Å². The summed E-state index contributed by atoms with van der Waals surface area (Å²) in [5.74, 6) is 0.463. The third-order valence-corrected chi connectivity index (χ3v) is 6.10. The van der Waals surface area contributed by atoms with Crippen LogP contribution in [0.2, 0.25) is 0 Å². The van der Waals surface area contributed by atoms with Crippen LogP contribution in [0.4, 0.5) is 5.82 Å². The number of halogens is 1. The minimum atomic E-state index is -0.0849. The van der Waals surface area contributed by atoms with Gasteiger partial charge in [-0.25, -0.2) is 9.97 Å². The Morgan fingerprint density at radius 1 is 1.11 bits per heavy atom. The fourth-order valence-corrected chi connectivity index (χ4v) is 4.45. The zero-order chi connectivity index (χ0) is 19.5. The summed E-state index contributed by atoms with van der Waals surface area (Å²) in [5, 5.41) is 6.34. The summed E-state index contributed by atoms with van der Waals surface area (Å²) in [6.45, 7) is 1.96. The van der Waals surface area contributed by atoms with Gasteiger partial charge in [-0.15, -0.1) is 11.3 Å². The number of hydrogen-bond acceptors (Lipinski definition) is 4. The van der Waals surface area contributed by atoms with Crippen molar-refractivity contribution in [1.29, 1.82) is 0 Å². The third kappa shape index (κ3) is 4.29. The molecule has 1 amide bonds. The molecule has 0 saturated carbocycles. The number of amides is 1. The van der Waals surface area contributed by atoms with Crippen molar-refractivity contribution in [1.82, 2.24) is 9.97 Å². The fourth-order valence-electron chi connectivity index (χ4n) is 3.12. The number of pyridine rings is 1. The molecule has 0 aliphatic rings. The van der Waals surface area contributed by atoms with Gasteiger partial charge in [-0.1, -0.05) is 42.5 Å². The van der Waals surface area contributed by atoms with Gasteiger partial charge >= 0.3 is 0 Å². The number of benzene rings is 2. The number of thiazole rings is 1. The van der Waals surface area contributed by atoms with E-state index in [-0.39, 0.29) is 5.91 Å². The number of aryl methyl sites for hydroxylation is 1. The smallest absolute Gasteiger partial charge is 0.230 e. The number of carbonyl (C=O) groups is 1. The molecule has 0 saturated heterocycles. The van der Waals surface area contributed by atoms with E-state index in [1.54, 1.807) is 23.6 Å². The van der Waals surface area contributed by atoms with Crippen LogP contribution in [0, 0.1) is 6.92 Å². The van der Waals surface area contributed by atoms with E-state index in [2.05, 4.69) is 68.7 Å². The largest absolute Gasteiger partial charge is 0.310 e. The first kappa shape index (κ1) is 18.8. The molecular formula is C22H18BrN3OS. The van der Waals surface area contributed by atoms with Crippen molar-refractivity contribution in [2.24, 2.45) is 0 Å². The normalized spacial score (nSPS) is 10.9. The molecule has 140 valence electrons. The molecule has 0 atom stereocenters. The predicted octanol–water partition coefficient (Wildman–Crippen LogP) is 5.53. The van der Waals surface area contributed by atoms with Crippen LogP contribution in [0.3, 0.4) is 0 Å².